The highest BCUT2D eigenvalue weighted by atomic mass is 32.2. The number of carbonyl (C=O) groups excluding carboxylic acids is 2. The Labute approximate surface area is 142 Å². The fraction of sp³-hybridized carbons (Fsp3) is 0.214. The zero-order valence-corrected chi connectivity index (χ0v) is 13.9. The largest absolute Gasteiger partial charge is 0.465 e. The SMILES string of the molecule is COC(=O)C1=CN(CC(=O)Nc2cc(F)ccc2F)S(=O)(=O)N=C1C. The quantitative estimate of drug-likeness (QED) is 0.792. The third-order valence-corrected chi connectivity index (χ3v) is 4.45. The monoisotopic (exact) mass is 373 g/mol. The van der Waals surface area contributed by atoms with Crippen molar-refractivity contribution < 1.29 is 31.5 Å². The van der Waals surface area contributed by atoms with Gasteiger partial charge < -0.3 is 10.1 Å². The van der Waals surface area contributed by atoms with Gasteiger partial charge in [0.15, 0.2) is 0 Å². The van der Waals surface area contributed by atoms with Crippen LogP contribution in [-0.4, -0.2) is 44.0 Å². The second-order valence-electron chi connectivity index (χ2n) is 4.91. The molecular formula is C14H13F2N3O5S. The van der Waals surface area contributed by atoms with Crippen LogP contribution in [0.1, 0.15) is 6.92 Å². The van der Waals surface area contributed by atoms with E-state index in [1.165, 1.54) is 6.92 Å². The normalized spacial score (nSPS) is 15.9. The second kappa shape index (κ2) is 6.97. The van der Waals surface area contributed by atoms with Crippen molar-refractivity contribution in [1.29, 1.82) is 0 Å². The van der Waals surface area contributed by atoms with Crippen LogP contribution in [0.2, 0.25) is 0 Å². The molecule has 0 saturated carbocycles. The highest BCUT2D eigenvalue weighted by Gasteiger charge is 2.30. The molecule has 1 aliphatic heterocycles. The minimum atomic E-state index is -4.24. The highest BCUT2D eigenvalue weighted by Crippen LogP contribution is 2.19. The topological polar surface area (TPSA) is 105 Å². The number of benzene rings is 1. The van der Waals surface area contributed by atoms with E-state index in [1.54, 1.807) is 0 Å². The van der Waals surface area contributed by atoms with E-state index < -0.39 is 46.0 Å². The number of ether oxygens (including phenoxy) is 1. The van der Waals surface area contributed by atoms with Gasteiger partial charge in [-0.05, 0) is 19.1 Å². The van der Waals surface area contributed by atoms with E-state index in [1.807, 2.05) is 0 Å². The van der Waals surface area contributed by atoms with Gasteiger partial charge in [-0.25, -0.2) is 17.9 Å². The molecule has 0 atom stereocenters. The van der Waals surface area contributed by atoms with Gasteiger partial charge in [0.2, 0.25) is 5.91 Å². The number of hydrogen-bond donors (Lipinski definition) is 1. The lowest BCUT2D eigenvalue weighted by atomic mass is 10.2. The molecule has 1 aliphatic rings. The minimum absolute atomic E-state index is 0.0975. The van der Waals surface area contributed by atoms with Crippen molar-refractivity contribution in [2.45, 2.75) is 6.92 Å². The predicted molar refractivity (Wildman–Crippen MR) is 83.8 cm³/mol. The molecule has 0 aliphatic carbocycles. The molecule has 0 bridgehead atoms. The van der Waals surface area contributed by atoms with E-state index in [2.05, 4.69) is 14.5 Å². The summed E-state index contributed by atoms with van der Waals surface area (Å²) in [7, 11) is -3.14. The van der Waals surface area contributed by atoms with Gasteiger partial charge >= 0.3 is 16.2 Å². The number of nitrogens with zero attached hydrogens (tertiary/aromatic N) is 2. The lowest BCUT2D eigenvalue weighted by Gasteiger charge is -2.22. The van der Waals surface area contributed by atoms with E-state index in [4.69, 9.17) is 0 Å². The Hall–Kier alpha value is -2.82. The molecule has 2 rings (SSSR count). The van der Waals surface area contributed by atoms with E-state index >= 15 is 0 Å². The molecule has 25 heavy (non-hydrogen) atoms. The third kappa shape index (κ3) is 4.18. The van der Waals surface area contributed by atoms with Crippen LogP contribution in [0, 0.1) is 11.6 Å². The van der Waals surface area contributed by atoms with Crippen molar-refractivity contribution in [3.8, 4) is 0 Å². The summed E-state index contributed by atoms with van der Waals surface area (Å²) in [5.41, 5.74) is -0.696. The maximum atomic E-state index is 13.5. The van der Waals surface area contributed by atoms with Crippen LogP contribution in [0.15, 0.2) is 34.4 Å². The molecule has 0 radical (unpaired) electrons. The van der Waals surface area contributed by atoms with Gasteiger partial charge in [-0.2, -0.15) is 8.42 Å². The standard InChI is InChI=1S/C14H13F2N3O5S/c1-8-10(14(21)24-2)6-19(25(22,23)18-8)7-13(20)17-12-5-9(15)3-4-11(12)16/h3-6H,7H2,1-2H3,(H,17,20). The lowest BCUT2D eigenvalue weighted by molar-refractivity contribution is -0.135. The molecule has 1 aromatic rings. The lowest BCUT2D eigenvalue weighted by Crippen LogP contribution is -2.37. The Morgan fingerprint density at radius 2 is 2.00 bits per heavy atom. The molecule has 1 amide bonds. The number of anilines is 1. The molecule has 0 unspecified atom stereocenters. The minimum Gasteiger partial charge on any atom is -0.465 e. The van der Waals surface area contributed by atoms with Gasteiger partial charge in [0.05, 0.1) is 24.1 Å². The van der Waals surface area contributed by atoms with Crippen LogP contribution in [0.25, 0.3) is 0 Å². The van der Waals surface area contributed by atoms with Crippen molar-refractivity contribution in [3.63, 3.8) is 0 Å². The molecule has 1 aromatic carbocycles. The number of esters is 1. The number of rotatable bonds is 4. The highest BCUT2D eigenvalue weighted by molar-refractivity contribution is 7.88. The first-order chi connectivity index (χ1) is 11.6. The molecule has 1 heterocycles. The van der Waals surface area contributed by atoms with Crippen molar-refractivity contribution >= 4 is 33.5 Å². The van der Waals surface area contributed by atoms with Gasteiger partial charge in [0.25, 0.3) is 0 Å². The van der Waals surface area contributed by atoms with Crippen LogP contribution < -0.4 is 5.32 Å². The predicted octanol–water partition coefficient (Wildman–Crippen LogP) is 0.982. The zero-order valence-electron chi connectivity index (χ0n) is 13.1. The number of methoxy groups -OCH3 is 1. The van der Waals surface area contributed by atoms with E-state index in [-0.39, 0.29) is 11.3 Å². The second-order valence-corrected chi connectivity index (χ2v) is 6.45. The van der Waals surface area contributed by atoms with Gasteiger partial charge in [-0.15, -0.1) is 4.40 Å². The first-order valence-corrected chi connectivity index (χ1v) is 8.17. The molecule has 0 spiro atoms. The summed E-state index contributed by atoms with van der Waals surface area (Å²) in [6.07, 6.45) is 0.894. The third-order valence-electron chi connectivity index (χ3n) is 3.12. The first-order valence-electron chi connectivity index (χ1n) is 6.78. The van der Waals surface area contributed by atoms with Gasteiger partial charge in [0, 0.05) is 12.3 Å². The summed E-state index contributed by atoms with van der Waals surface area (Å²) in [4.78, 5) is 23.6. The molecular weight excluding hydrogens is 360 g/mol. The Bertz CT molecular complexity index is 896. The van der Waals surface area contributed by atoms with Gasteiger partial charge in [-0.3, -0.25) is 4.79 Å². The number of halogens is 2. The van der Waals surface area contributed by atoms with E-state index in [0.29, 0.717) is 4.31 Å². The summed E-state index contributed by atoms with van der Waals surface area (Å²) in [5, 5.41) is 2.05. The van der Waals surface area contributed by atoms with Gasteiger partial charge in [0.1, 0.15) is 18.2 Å². The molecule has 11 heteroatoms. The van der Waals surface area contributed by atoms with Crippen LogP contribution in [0.3, 0.4) is 0 Å². The Morgan fingerprint density at radius 1 is 1.32 bits per heavy atom. The number of carbonyl (C=O) groups is 2. The molecule has 0 aromatic heterocycles. The first kappa shape index (κ1) is 18.5. The number of amides is 1. The Balaban J connectivity index is 2.22. The summed E-state index contributed by atoms with van der Waals surface area (Å²) in [6.45, 7) is 0.495. The average molecular weight is 373 g/mol. The van der Waals surface area contributed by atoms with Crippen molar-refractivity contribution in [2.75, 3.05) is 19.0 Å². The number of hydrogen-bond acceptors (Lipinski definition) is 5. The Morgan fingerprint density at radius 3 is 2.64 bits per heavy atom. The molecule has 134 valence electrons. The summed E-state index contributed by atoms with van der Waals surface area (Å²) in [5.74, 6) is -3.47. The summed E-state index contributed by atoms with van der Waals surface area (Å²) in [6, 6.07) is 2.42. The van der Waals surface area contributed by atoms with Crippen molar-refractivity contribution in [3.05, 3.63) is 41.6 Å². The maximum absolute atomic E-state index is 13.5. The molecule has 0 fully saturated rings. The Kier molecular flexibility index (Phi) is 5.16. The van der Waals surface area contributed by atoms with Crippen LogP contribution >= 0.6 is 0 Å². The van der Waals surface area contributed by atoms with Crippen LogP contribution in [0.4, 0.5) is 14.5 Å². The van der Waals surface area contributed by atoms with Crippen molar-refractivity contribution in [1.82, 2.24) is 4.31 Å². The fourth-order valence-electron chi connectivity index (χ4n) is 1.94. The van der Waals surface area contributed by atoms with E-state index in [0.717, 1.165) is 31.5 Å². The molecule has 0 saturated heterocycles. The van der Waals surface area contributed by atoms with Crippen LogP contribution in [0.5, 0.6) is 0 Å². The molecule has 8 nitrogen and oxygen atoms in total. The van der Waals surface area contributed by atoms with E-state index in [9.17, 15) is 26.8 Å². The number of nitrogens with one attached hydrogen (secondary N) is 1. The van der Waals surface area contributed by atoms with Gasteiger partial charge in [-0.1, -0.05) is 0 Å². The zero-order chi connectivity index (χ0) is 18.8. The maximum Gasteiger partial charge on any atom is 0.344 e. The summed E-state index contributed by atoms with van der Waals surface area (Å²) < 4.78 is 59.0. The molecule has 1 N–H and O–H groups in total. The smallest absolute Gasteiger partial charge is 0.344 e. The van der Waals surface area contributed by atoms with Crippen LogP contribution in [-0.2, 0) is 24.5 Å². The average Bonchev–Trinajstić information content (AvgIpc) is 2.52. The summed E-state index contributed by atoms with van der Waals surface area (Å²) >= 11 is 0. The fourth-order valence-corrected chi connectivity index (χ4v) is 3.01. The van der Waals surface area contributed by atoms with Crippen molar-refractivity contribution in [2.24, 2.45) is 4.40 Å².